The monoisotopic (exact) mass is 439 g/mol. The van der Waals surface area contributed by atoms with Crippen LogP contribution >= 0.6 is 22.9 Å². The average molecular weight is 440 g/mol. The van der Waals surface area contributed by atoms with E-state index in [4.69, 9.17) is 16.3 Å². The minimum Gasteiger partial charge on any atom is -0.503 e. The molecule has 1 aliphatic heterocycles. The molecule has 0 radical (unpaired) electrons. The summed E-state index contributed by atoms with van der Waals surface area (Å²) >= 11 is 7.27. The van der Waals surface area contributed by atoms with E-state index in [2.05, 4.69) is 0 Å². The van der Waals surface area contributed by atoms with Crippen LogP contribution in [0.5, 0.6) is 5.75 Å². The number of aliphatic hydroxyl groups is 1. The van der Waals surface area contributed by atoms with E-state index < -0.39 is 17.7 Å². The topological polar surface area (TPSA) is 66.8 Å². The predicted octanol–water partition coefficient (Wildman–Crippen LogP) is 5.58. The molecule has 1 N–H and O–H groups in total. The van der Waals surface area contributed by atoms with E-state index in [0.29, 0.717) is 33.5 Å². The Morgan fingerprint density at radius 3 is 2.43 bits per heavy atom. The fourth-order valence-corrected chi connectivity index (χ4v) is 4.28. The summed E-state index contributed by atoms with van der Waals surface area (Å²) in [6, 6.07) is 16.5. The van der Waals surface area contributed by atoms with Gasteiger partial charge in [-0.2, -0.15) is 0 Å². The third-order valence-electron chi connectivity index (χ3n) is 4.81. The number of Topliss-reactive ketones (excluding diaryl/α,β-unsaturated/α-hetero) is 1. The summed E-state index contributed by atoms with van der Waals surface area (Å²) in [5.74, 6) is -0.854. The molecule has 1 unspecified atom stereocenters. The van der Waals surface area contributed by atoms with Gasteiger partial charge in [0.25, 0.3) is 5.91 Å². The van der Waals surface area contributed by atoms with Crippen molar-refractivity contribution >= 4 is 40.3 Å². The van der Waals surface area contributed by atoms with Gasteiger partial charge < -0.3 is 9.84 Å². The molecule has 0 spiro atoms. The van der Waals surface area contributed by atoms with E-state index in [-0.39, 0.29) is 11.4 Å². The van der Waals surface area contributed by atoms with Crippen LogP contribution in [0.4, 0.5) is 5.69 Å². The van der Waals surface area contributed by atoms with Gasteiger partial charge in [0.1, 0.15) is 5.75 Å². The van der Waals surface area contributed by atoms with Gasteiger partial charge in [-0.25, -0.2) is 0 Å². The molecule has 1 atom stereocenters. The zero-order valence-electron chi connectivity index (χ0n) is 16.0. The molecule has 7 heteroatoms. The first kappa shape index (κ1) is 20.2. The minimum absolute atomic E-state index is 0.0570. The van der Waals surface area contributed by atoms with Gasteiger partial charge in [0.05, 0.1) is 23.1 Å². The first-order chi connectivity index (χ1) is 14.5. The molecule has 1 aliphatic rings. The highest BCUT2D eigenvalue weighted by atomic mass is 35.5. The number of amides is 1. The Morgan fingerprint density at radius 2 is 1.83 bits per heavy atom. The highest BCUT2D eigenvalue weighted by Gasteiger charge is 2.44. The average Bonchev–Trinajstić information content (AvgIpc) is 3.37. The van der Waals surface area contributed by atoms with Gasteiger partial charge in [-0.15, -0.1) is 11.3 Å². The zero-order chi connectivity index (χ0) is 21.3. The van der Waals surface area contributed by atoms with Gasteiger partial charge in [-0.05, 0) is 60.3 Å². The lowest BCUT2D eigenvalue weighted by Gasteiger charge is -2.27. The van der Waals surface area contributed by atoms with Crippen molar-refractivity contribution in [1.29, 1.82) is 0 Å². The molecular weight excluding hydrogens is 422 g/mol. The normalized spacial score (nSPS) is 16.3. The quantitative estimate of drug-likeness (QED) is 0.509. The molecule has 0 aliphatic carbocycles. The van der Waals surface area contributed by atoms with E-state index >= 15 is 0 Å². The van der Waals surface area contributed by atoms with Crippen LogP contribution in [0.3, 0.4) is 0 Å². The summed E-state index contributed by atoms with van der Waals surface area (Å²) in [7, 11) is 0. The third kappa shape index (κ3) is 3.60. The number of ketones is 1. The Labute approximate surface area is 182 Å². The number of thiophene rings is 1. The molecule has 0 fully saturated rings. The summed E-state index contributed by atoms with van der Waals surface area (Å²) in [6.07, 6.45) is 0. The van der Waals surface area contributed by atoms with Crippen LogP contribution in [0.25, 0.3) is 0 Å². The van der Waals surface area contributed by atoms with Crippen LogP contribution in [0.1, 0.15) is 28.2 Å². The summed E-state index contributed by atoms with van der Waals surface area (Å²) < 4.78 is 5.50. The molecule has 3 aromatic rings. The van der Waals surface area contributed by atoms with Crippen molar-refractivity contribution < 1.29 is 19.4 Å². The second-order valence-corrected chi connectivity index (χ2v) is 8.01. The Hall–Kier alpha value is -3.09. The van der Waals surface area contributed by atoms with Gasteiger partial charge in [0.15, 0.2) is 5.76 Å². The van der Waals surface area contributed by atoms with Crippen LogP contribution in [-0.4, -0.2) is 23.4 Å². The molecule has 2 aromatic carbocycles. The molecule has 152 valence electrons. The maximum Gasteiger partial charge on any atom is 0.294 e. The van der Waals surface area contributed by atoms with Crippen LogP contribution in [0, 0.1) is 0 Å². The van der Waals surface area contributed by atoms with Crippen molar-refractivity contribution in [2.24, 2.45) is 0 Å². The Morgan fingerprint density at radius 1 is 1.13 bits per heavy atom. The van der Waals surface area contributed by atoms with Gasteiger partial charge >= 0.3 is 0 Å². The first-order valence-corrected chi connectivity index (χ1v) is 10.6. The van der Waals surface area contributed by atoms with Gasteiger partial charge in [0.2, 0.25) is 5.78 Å². The second-order valence-electron chi connectivity index (χ2n) is 6.62. The number of carbonyl (C=O) groups excluding carboxylic acids is 2. The Bertz CT molecular complexity index is 1110. The van der Waals surface area contributed by atoms with Crippen LogP contribution in [-0.2, 0) is 4.79 Å². The molecule has 30 heavy (non-hydrogen) atoms. The number of halogens is 1. The first-order valence-electron chi connectivity index (χ1n) is 9.34. The zero-order valence-corrected chi connectivity index (χ0v) is 17.6. The highest BCUT2D eigenvalue weighted by molar-refractivity contribution is 7.12. The SMILES string of the molecule is CCOc1ccc(C2C(C(=O)c3cccs3)=C(O)C(=O)N2c2ccc(Cl)cc2)cc1. The number of hydrogen-bond donors (Lipinski definition) is 1. The lowest BCUT2D eigenvalue weighted by atomic mass is 9.95. The molecule has 2 heterocycles. The van der Waals surface area contributed by atoms with Gasteiger partial charge in [-0.1, -0.05) is 29.8 Å². The van der Waals surface area contributed by atoms with E-state index in [1.807, 2.05) is 6.92 Å². The minimum atomic E-state index is -0.774. The number of hydrogen-bond acceptors (Lipinski definition) is 5. The second kappa shape index (κ2) is 8.34. The number of benzene rings is 2. The molecular formula is C23H18ClNO4S. The van der Waals surface area contributed by atoms with E-state index in [1.165, 1.54) is 16.2 Å². The van der Waals surface area contributed by atoms with Crippen LogP contribution in [0.2, 0.25) is 5.02 Å². The lowest BCUT2D eigenvalue weighted by molar-refractivity contribution is -0.117. The van der Waals surface area contributed by atoms with Crippen molar-refractivity contribution in [3.63, 3.8) is 0 Å². The number of nitrogens with zero attached hydrogens (tertiary/aromatic N) is 1. The van der Waals surface area contributed by atoms with Crippen LogP contribution in [0.15, 0.2) is 77.4 Å². The molecule has 1 aromatic heterocycles. The maximum absolute atomic E-state index is 13.2. The number of aliphatic hydroxyl groups excluding tert-OH is 1. The third-order valence-corrected chi connectivity index (χ3v) is 5.93. The standard InChI is InChI=1S/C23H18ClNO4S/c1-2-29-17-11-5-14(6-12-17)20-19(21(26)18-4-3-13-30-18)22(27)23(28)25(20)16-9-7-15(24)8-10-16/h3-13,20,27H,2H2,1H3. The smallest absolute Gasteiger partial charge is 0.294 e. The van der Waals surface area contributed by atoms with Crippen molar-refractivity contribution in [3.05, 3.63) is 92.8 Å². The largest absolute Gasteiger partial charge is 0.503 e. The predicted molar refractivity (Wildman–Crippen MR) is 118 cm³/mol. The summed E-state index contributed by atoms with van der Waals surface area (Å²) in [5, 5.41) is 13.0. The van der Waals surface area contributed by atoms with Crippen molar-refractivity contribution in [2.75, 3.05) is 11.5 Å². The van der Waals surface area contributed by atoms with Gasteiger partial charge in [0, 0.05) is 10.7 Å². The number of ether oxygens (including phenoxy) is 1. The lowest BCUT2D eigenvalue weighted by Crippen LogP contribution is -2.31. The van der Waals surface area contributed by atoms with Crippen molar-refractivity contribution in [1.82, 2.24) is 0 Å². The number of carbonyl (C=O) groups is 2. The molecule has 0 bridgehead atoms. The van der Waals surface area contributed by atoms with Gasteiger partial charge in [-0.3, -0.25) is 14.5 Å². The number of anilines is 1. The van der Waals surface area contributed by atoms with Crippen molar-refractivity contribution in [2.45, 2.75) is 13.0 Å². The summed E-state index contributed by atoms with van der Waals surface area (Å²) in [5.41, 5.74) is 1.27. The molecule has 0 saturated carbocycles. The van der Waals surface area contributed by atoms with Crippen molar-refractivity contribution in [3.8, 4) is 5.75 Å². The fourth-order valence-electron chi connectivity index (χ4n) is 3.47. The Kier molecular flexibility index (Phi) is 5.61. The molecule has 4 rings (SSSR count). The van der Waals surface area contributed by atoms with E-state index in [1.54, 1.807) is 66.0 Å². The van der Waals surface area contributed by atoms with E-state index in [0.717, 1.165) is 0 Å². The summed E-state index contributed by atoms with van der Waals surface area (Å²) in [4.78, 5) is 28.1. The Balaban J connectivity index is 1.83. The fraction of sp³-hybridized carbons (Fsp3) is 0.130. The molecule has 1 amide bonds. The highest BCUT2D eigenvalue weighted by Crippen LogP contribution is 2.42. The maximum atomic E-state index is 13.2. The molecule has 0 saturated heterocycles. The number of rotatable bonds is 6. The van der Waals surface area contributed by atoms with E-state index in [9.17, 15) is 14.7 Å². The van der Waals surface area contributed by atoms with Crippen LogP contribution < -0.4 is 9.64 Å². The summed E-state index contributed by atoms with van der Waals surface area (Å²) in [6.45, 7) is 2.42. The molecule has 5 nitrogen and oxygen atoms in total.